The van der Waals surface area contributed by atoms with Crippen LogP contribution in [0.5, 0.6) is 0 Å². The van der Waals surface area contributed by atoms with E-state index in [0.29, 0.717) is 4.99 Å². The molecule has 1 fully saturated rings. The molecule has 2 unspecified atom stereocenters. The lowest BCUT2D eigenvalue weighted by atomic mass is 9.98. The Morgan fingerprint density at radius 2 is 2.19 bits per heavy atom. The summed E-state index contributed by atoms with van der Waals surface area (Å²) in [7, 11) is 0. The summed E-state index contributed by atoms with van der Waals surface area (Å²) in [6.45, 7) is 3.32. The van der Waals surface area contributed by atoms with E-state index < -0.39 is 0 Å². The lowest BCUT2D eigenvalue weighted by Crippen LogP contribution is -2.20. The molecule has 0 radical (unpaired) electrons. The molecule has 1 aliphatic carbocycles. The van der Waals surface area contributed by atoms with Crippen LogP contribution in [0.2, 0.25) is 0 Å². The first kappa shape index (κ1) is 14.3. The van der Waals surface area contributed by atoms with Gasteiger partial charge in [0.1, 0.15) is 4.99 Å². The zero-order valence-corrected chi connectivity index (χ0v) is 13.1. The van der Waals surface area contributed by atoms with Crippen molar-refractivity contribution in [3.05, 3.63) is 36.0 Å². The number of hydrogen-bond acceptors (Lipinski definition) is 3. The minimum atomic E-state index is 0.398. The number of thiocarbonyl (C=S) groups is 1. The lowest BCUT2D eigenvalue weighted by Gasteiger charge is -2.19. The first-order valence-corrected chi connectivity index (χ1v) is 7.99. The van der Waals surface area contributed by atoms with Crippen LogP contribution in [-0.4, -0.2) is 16.5 Å². The summed E-state index contributed by atoms with van der Waals surface area (Å²) in [5, 5.41) is 4.69. The molecule has 1 aromatic carbocycles. The van der Waals surface area contributed by atoms with Crippen molar-refractivity contribution < 1.29 is 0 Å². The van der Waals surface area contributed by atoms with Gasteiger partial charge in [-0.1, -0.05) is 50.2 Å². The second-order valence-electron chi connectivity index (χ2n) is 5.98. The van der Waals surface area contributed by atoms with Crippen LogP contribution in [0.1, 0.15) is 31.7 Å². The maximum Gasteiger partial charge on any atom is 0.107 e. The van der Waals surface area contributed by atoms with E-state index in [4.69, 9.17) is 18.0 Å². The number of rotatable bonds is 4. The van der Waals surface area contributed by atoms with E-state index in [1.54, 1.807) is 6.20 Å². The van der Waals surface area contributed by atoms with Crippen LogP contribution in [0.3, 0.4) is 0 Å². The van der Waals surface area contributed by atoms with Gasteiger partial charge in [0.2, 0.25) is 0 Å². The Morgan fingerprint density at radius 3 is 2.90 bits per heavy atom. The standard InChI is InChI=1S/C17H21N3S/c1-11-5-4-6-12(11)9-20-16-13-7-2-3-8-15(13)19-10-14(16)17(18)21/h2-3,7-8,10-12H,4-6,9H2,1H3,(H2,18,21)(H,19,20). The highest BCUT2D eigenvalue weighted by Crippen LogP contribution is 2.32. The molecule has 0 bridgehead atoms. The molecular weight excluding hydrogens is 278 g/mol. The van der Waals surface area contributed by atoms with Gasteiger partial charge >= 0.3 is 0 Å². The lowest BCUT2D eigenvalue weighted by molar-refractivity contribution is 0.440. The molecule has 4 heteroatoms. The smallest absolute Gasteiger partial charge is 0.107 e. The second kappa shape index (κ2) is 5.98. The van der Waals surface area contributed by atoms with Crippen molar-refractivity contribution in [3.8, 4) is 0 Å². The third-order valence-corrected chi connectivity index (χ3v) is 4.84. The monoisotopic (exact) mass is 299 g/mol. The molecule has 2 aromatic rings. The van der Waals surface area contributed by atoms with Gasteiger partial charge in [-0.25, -0.2) is 0 Å². The molecule has 3 N–H and O–H groups in total. The average Bonchev–Trinajstić information content (AvgIpc) is 2.89. The van der Waals surface area contributed by atoms with Gasteiger partial charge in [-0.05, 0) is 24.3 Å². The van der Waals surface area contributed by atoms with E-state index in [1.807, 2.05) is 18.2 Å². The summed E-state index contributed by atoms with van der Waals surface area (Å²) >= 11 is 5.18. The summed E-state index contributed by atoms with van der Waals surface area (Å²) in [5.74, 6) is 1.52. The first-order chi connectivity index (χ1) is 10.2. The van der Waals surface area contributed by atoms with Crippen molar-refractivity contribution in [2.24, 2.45) is 17.6 Å². The summed E-state index contributed by atoms with van der Waals surface area (Å²) in [5.41, 5.74) is 8.72. The van der Waals surface area contributed by atoms with Crippen molar-refractivity contribution in [2.75, 3.05) is 11.9 Å². The van der Waals surface area contributed by atoms with E-state index in [0.717, 1.165) is 40.5 Å². The number of nitrogens with one attached hydrogen (secondary N) is 1. The van der Waals surface area contributed by atoms with Crippen LogP contribution in [-0.2, 0) is 0 Å². The highest BCUT2D eigenvalue weighted by molar-refractivity contribution is 7.80. The van der Waals surface area contributed by atoms with E-state index in [2.05, 4.69) is 23.3 Å². The van der Waals surface area contributed by atoms with Gasteiger partial charge in [-0.2, -0.15) is 0 Å². The summed E-state index contributed by atoms with van der Waals surface area (Å²) in [6, 6.07) is 8.11. The van der Waals surface area contributed by atoms with Crippen LogP contribution in [0.25, 0.3) is 10.9 Å². The number of aromatic nitrogens is 1. The van der Waals surface area contributed by atoms with Gasteiger partial charge in [-0.3, -0.25) is 4.98 Å². The van der Waals surface area contributed by atoms with Gasteiger partial charge in [0.25, 0.3) is 0 Å². The maximum atomic E-state index is 5.87. The van der Waals surface area contributed by atoms with Gasteiger partial charge in [0.15, 0.2) is 0 Å². The van der Waals surface area contributed by atoms with E-state index in [-0.39, 0.29) is 0 Å². The second-order valence-corrected chi connectivity index (χ2v) is 6.42. The fraction of sp³-hybridized carbons (Fsp3) is 0.412. The number of pyridine rings is 1. The molecule has 0 spiro atoms. The predicted molar refractivity (Wildman–Crippen MR) is 92.6 cm³/mol. The molecule has 0 amide bonds. The van der Waals surface area contributed by atoms with Crippen LogP contribution in [0, 0.1) is 11.8 Å². The van der Waals surface area contributed by atoms with Crippen molar-refractivity contribution in [2.45, 2.75) is 26.2 Å². The molecule has 1 saturated carbocycles. The predicted octanol–water partition coefficient (Wildman–Crippen LogP) is 3.72. The Kier molecular flexibility index (Phi) is 4.06. The molecule has 1 heterocycles. The normalized spacial score (nSPS) is 21.6. The van der Waals surface area contributed by atoms with Gasteiger partial charge in [0, 0.05) is 18.1 Å². The number of benzene rings is 1. The fourth-order valence-corrected chi connectivity index (χ4v) is 3.43. The number of nitrogens with zero attached hydrogens (tertiary/aromatic N) is 1. The summed E-state index contributed by atoms with van der Waals surface area (Å²) < 4.78 is 0. The minimum Gasteiger partial charge on any atom is -0.389 e. The Labute approximate surface area is 130 Å². The van der Waals surface area contributed by atoms with Crippen molar-refractivity contribution in [1.82, 2.24) is 4.98 Å². The number of hydrogen-bond donors (Lipinski definition) is 2. The number of fused-ring (bicyclic) bond motifs is 1. The fourth-order valence-electron chi connectivity index (χ4n) is 3.28. The van der Waals surface area contributed by atoms with Crippen molar-refractivity contribution in [1.29, 1.82) is 0 Å². The Morgan fingerprint density at radius 1 is 1.38 bits per heavy atom. The number of nitrogens with two attached hydrogens (primary N) is 1. The highest BCUT2D eigenvalue weighted by atomic mass is 32.1. The molecule has 2 atom stereocenters. The zero-order valence-electron chi connectivity index (χ0n) is 12.3. The molecule has 21 heavy (non-hydrogen) atoms. The Hall–Kier alpha value is -1.68. The maximum absolute atomic E-state index is 5.87. The molecule has 1 aromatic heterocycles. The summed E-state index contributed by atoms with van der Waals surface area (Å²) in [4.78, 5) is 4.85. The van der Waals surface area contributed by atoms with Crippen LogP contribution in [0.4, 0.5) is 5.69 Å². The van der Waals surface area contributed by atoms with Crippen molar-refractivity contribution in [3.63, 3.8) is 0 Å². The number of para-hydroxylation sites is 1. The topological polar surface area (TPSA) is 50.9 Å². The molecule has 1 aliphatic rings. The van der Waals surface area contributed by atoms with Crippen LogP contribution >= 0.6 is 12.2 Å². The van der Waals surface area contributed by atoms with Gasteiger partial charge in [-0.15, -0.1) is 0 Å². The largest absolute Gasteiger partial charge is 0.389 e. The minimum absolute atomic E-state index is 0.398. The Bertz CT molecular complexity index is 668. The van der Waals surface area contributed by atoms with E-state index >= 15 is 0 Å². The third-order valence-electron chi connectivity index (χ3n) is 4.62. The quantitative estimate of drug-likeness (QED) is 0.845. The molecule has 0 aliphatic heterocycles. The molecule has 0 saturated heterocycles. The van der Waals surface area contributed by atoms with Gasteiger partial charge in [0.05, 0.1) is 16.8 Å². The number of anilines is 1. The van der Waals surface area contributed by atoms with Crippen molar-refractivity contribution >= 4 is 33.8 Å². The van der Waals surface area contributed by atoms with E-state index in [1.165, 1.54) is 19.3 Å². The SMILES string of the molecule is CC1CCCC1CNc1c(C(N)=S)cnc2ccccc12. The van der Waals surface area contributed by atoms with E-state index in [9.17, 15) is 0 Å². The summed E-state index contributed by atoms with van der Waals surface area (Å²) in [6.07, 6.45) is 5.77. The van der Waals surface area contributed by atoms with Gasteiger partial charge < -0.3 is 11.1 Å². The van der Waals surface area contributed by atoms with Crippen LogP contribution < -0.4 is 11.1 Å². The molecule has 110 valence electrons. The average molecular weight is 299 g/mol. The third kappa shape index (κ3) is 2.86. The molecule has 3 rings (SSSR count). The van der Waals surface area contributed by atoms with Crippen LogP contribution in [0.15, 0.2) is 30.5 Å². The highest BCUT2D eigenvalue weighted by Gasteiger charge is 2.23. The molecule has 3 nitrogen and oxygen atoms in total. The molecular formula is C17H21N3S. The zero-order chi connectivity index (χ0) is 14.8. The Balaban J connectivity index is 1.94. The first-order valence-electron chi connectivity index (χ1n) is 7.58.